The highest BCUT2D eigenvalue weighted by molar-refractivity contribution is 9.10. The molecule has 1 aliphatic heterocycles. The quantitative estimate of drug-likeness (QED) is 0.428. The molecule has 0 aromatic heterocycles. The molecular weight excluding hydrogens is 454 g/mol. The molecule has 0 radical (unpaired) electrons. The van der Waals surface area contributed by atoms with Crippen LogP contribution in [0.4, 0.5) is 5.69 Å². The molecule has 1 aromatic carbocycles. The number of likely N-dealkylation sites (tertiary alicyclic amines) is 1. The van der Waals surface area contributed by atoms with E-state index in [1.807, 2.05) is 24.3 Å². The van der Waals surface area contributed by atoms with Crippen molar-refractivity contribution in [1.29, 1.82) is 0 Å². The van der Waals surface area contributed by atoms with Gasteiger partial charge in [-0.2, -0.15) is 0 Å². The zero-order valence-electron chi connectivity index (χ0n) is 18.0. The van der Waals surface area contributed by atoms with Gasteiger partial charge >= 0.3 is 0 Å². The lowest BCUT2D eigenvalue weighted by molar-refractivity contribution is -0.132. The molecule has 2 amide bonds. The second-order valence-electron chi connectivity index (χ2n) is 9.76. The number of rotatable bonds is 8. The molecule has 2 saturated carbocycles. The summed E-state index contributed by atoms with van der Waals surface area (Å²) < 4.78 is 0.979. The van der Waals surface area contributed by atoms with Gasteiger partial charge < -0.3 is 15.5 Å². The molecule has 1 saturated heterocycles. The van der Waals surface area contributed by atoms with Crippen molar-refractivity contribution in [3.8, 4) is 0 Å². The van der Waals surface area contributed by atoms with Crippen LogP contribution in [0, 0.1) is 29.1 Å². The monoisotopic (exact) mass is 485 g/mol. The SMILES string of the molecule is O=C(NCCCCN1CCCC1)[C@H]1[C@H](C(=O)Nc2ccc(Br)cc2)[C@@H]2C=C[C@H]1C21CC1. The molecule has 5 nitrogen and oxygen atoms in total. The minimum absolute atomic E-state index is 0.0142. The zero-order valence-corrected chi connectivity index (χ0v) is 19.6. The first-order valence-corrected chi connectivity index (χ1v) is 12.6. The molecule has 31 heavy (non-hydrogen) atoms. The number of nitrogens with zero attached hydrogens (tertiary/aromatic N) is 1. The number of hydrogen-bond donors (Lipinski definition) is 2. The number of anilines is 1. The van der Waals surface area contributed by atoms with Crippen LogP contribution in [-0.2, 0) is 9.59 Å². The van der Waals surface area contributed by atoms with Crippen molar-refractivity contribution >= 4 is 33.4 Å². The van der Waals surface area contributed by atoms with Crippen LogP contribution in [0.5, 0.6) is 0 Å². The third-order valence-electron chi connectivity index (χ3n) is 7.96. The Kier molecular flexibility index (Phi) is 5.95. The van der Waals surface area contributed by atoms with E-state index < -0.39 is 0 Å². The molecular formula is C25H32BrN3O2. The summed E-state index contributed by atoms with van der Waals surface area (Å²) >= 11 is 3.43. The maximum Gasteiger partial charge on any atom is 0.228 e. The highest BCUT2D eigenvalue weighted by atomic mass is 79.9. The summed E-state index contributed by atoms with van der Waals surface area (Å²) in [6.45, 7) is 4.29. The van der Waals surface area contributed by atoms with E-state index in [1.165, 1.54) is 25.9 Å². The van der Waals surface area contributed by atoms with Gasteiger partial charge in [-0.3, -0.25) is 9.59 Å². The Morgan fingerprint density at radius 2 is 1.61 bits per heavy atom. The minimum Gasteiger partial charge on any atom is -0.356 e. The molecule has 3 aliphatic carbocycles. The standard InChI is InChI=1S/C25H32BrN3O2/c26-17-5-7-18(8-6-17)28-24(31)22-20-10-9-19(25(20)11-12-25)21(22)23(30)27-13-1-2-14-29-15-3-4-16-29/h5-10,19-22H,1-4,11-16H2,(H,27,30)(H,28,31)/t19-,20+,21-,22-/m1/s1. The van der Waals surface area contributed by atoms with Crippen LogP contribution >= 0.6 is 15.9 Å². The van der Waals surface area contributed by atoms with Crippen molar-refractivity contribution in [2.45, 2.75) is 38.5 Å². The smallest absolute Gasteiger partial charge is 0.228 e. The number of benzene rings is 1. The summed E-state index contributed by atoms with van der Waals surface area (Å²) in [5.41, 5.74) is 0.949. The van der Waals surface area contributed by atoms with Gasteiger partial charge in [0.2, 0.25) is 11.8 Å². The number of hydrogen-bond acceptors (Lipinski definition) is 3. The van der Waals surface area contributed by atoms with Gasteiger partial charge in [0.25, 0.3) is 0 Å². The molecule has 6 heteroatoms. The lowest BCUT2D eigenvalue weighted by Gasteiger charge is -2.26. The van der Waals surface area contributed by atoms with E-state index in [4.69, 9.17) is 0 Å². The largest absolute Gasteiger partial charge is 0.356 e. The molecule has 166 valence electrons. The van der Waals surface area contributed by atoms with Crippen LogP contribution in [0.25, 0.3) is 0 Å². The molecule has 2 bridgehead atoms. The summed E-state index contributed by atoms with van der Waals surface area (Å²) in [7, 11) is 0. The Hall–Kier alpha value is -1.66. The Balaban J connectivity index is 1.20. The van der Waals surface area contributed by atoms with Crippen LogP contribution in [0.2, 0.25) is 0 Å². The average Bonchev–Trinajstić information content (AvgIpc) is 3.12. The van der Waals surface area contributed by atoms with E-state index in [0.717, 1.165) is 42.4 Å². The van der Waals surface area contributed by atoms with Gasteiger partial charge in [-0.1, -0.05) is 28.1 Å². The van der Waals surface area contributed by atoms with E-state index in [1.54, 1.807) is 0 Å². The Labute approximate surface area is 193 Å². The summed E-state index contributed by atoms with van der Waals surface area (Å²) in [4.78, 5) is 29.1. The van der Waals surface area contributed by atoms with Crippen molar-refractivity contribution in [2.75, 3.05) is 31.5 Å². The third kappa shape index (κ3) is 4.09. The summed E-state index contributed by atoms with van der Waals surface area (Å²) in [6, 6.07) is 7.64. The lowest BCUT2D eigenvalue weighted by Crippen LogP contribution is -2.42. The highest BCUT2D eigenvalue weighted by Gasteiger charge is 2.69. The van der Waals surface area contributed by atoms with Crippen LogP contribution < -0.4 is 10.6 Å². The predicted molar refractivity (Wildman–Crippen MR) is 125 cm³/mol. The van der Waals surface area contributed by atoms with Crippen molar-refractivity contribution in [2.24, 2.45) is 29.1 Å². The number of carbonyl (C=O) groups excluding carboxylic acids is 2. The number of carbonyl (C=O) groups is 2. The predicted octanol–water partition coefficient (Wildman–Crippen LogP) is 4.21. The molecule has 3 fully saturated rings. The fourth-order valence-corrected chi connectivity index (χ4v) is 6.53. The first kappa shape index (κ1) is 21.2. The summed E-state index contributed by atoms with van der Waals surface area (Å²) in [5.74, 6) is -0.0567. The molecule has 1 aromatic rings. The van der Waals surface area contributed by atoms with Crippen LogP contribution in [0.15, 0.2) is 40.9 Å². The maximum absolute atomic E-state index is 13.3. The highest BCUT2D eigenvalue weighted by Crippen LogP contribution is 2.72. The fourth-order valence-electron chi connectivity index (χ4n) is 6.26. The molecule has 4 aliphatic rings. The second-order valence-corrected chi connectivity index (χ2v) is 10.7. The van der Waals surface area contributed by atoms with Crippen LogP contribution in [0.1, 0.15) is 38.5 Å². The number of allylic oxidation sites excluding steroid dienone is 2. The van der Waals surface area contributed by atoms with E-state index >= 15 is 0 Å². The Morgan fingerprint density at radius 1 is 0.968 bits per heavy atom. The van der Waals surface area contributed by atoms with Gasteiger partial charge in [0.15, 0.2) is 0 Å². The van der Waals surface area contributed by atoms with Gasteiger partial charge in [0, 0.05) is 16.7 Å². The topological polar surface area (TPSA) is 61.4 Å². The van der Waals surface area contributed by atoms with Gasteiger partial charge in [-0.25, -0.2) is 0 Å². The molecule has 1 heterocycles. The number of halogens is 1. The van der Waals surface area contributed by atoms with E-state index in [2.05, 4.69) is 43.6 Å². The number of unbranched alkanes of at least 4 members (excludes halogenated alkanes) is 1. The van der Waals surface area contributed by atoms with Crippen molar-refractivity contribution in [3.05, 3.63) is 40.9 Å². The Bertz CT molecular complexity index is 858. The van der Waals surface area contributed by atoms with Crippen LogP contribution in [0.3, 0.4) is 0 Å². The van der Waals surface area contributed by atoms with E-state index in [0.29, 0.717) is 6.54 Å². The third-order valence-corrected chi connectivity index (χ3v) is 8.49. The zero-order chi connectivity index (χ0) is 21.4. The Morgan fingerprint density at radius 3 is 2.26 bits per heavy atom. The fraction of sp³-hybridized carbons (Fsp3) is 0.600. The van der Waals surface area contributed by atoms with Gasteiger partial charge in [0.05, 0.1) is 11.8 Å². The number of amides is 2. The first-order valence-electron chi connectivity index (χ1n) is 11.8. The molecule has 4 atom stereocenters. The van der Waals surface area contributed by atoms with Crippen LogP contribution in [-0.4, -0.2) is 42.9 Å². The minimum atomic E-state index is -0.272. The molecule has 0 unspecified atom stereocenters. The molecule has 2 N–H and O–H groups in total. The van der Waals surface area contributed by atoms with Gasteiger partial charge in [-0.15, -0.1) is 0 Å². The summed E-state index contributed by atoms with van der Waals surface area (Å²) in [6.07, 6.45) is 11.5. The second kappa shape index (κ2) is 8.70. The lowest BCUT2D eigenvalue weighted by atomic mass is 9.81. The maximum atomic E-state index is 13.3. The van der Waals surface area contributed by atoms with E-state index in [9.17, 15) is 9.59 Å². The first-order chi connectivity index (χ1) is 15.1. The molecule has 5 rings (SSSR count). The van der Waals surface area contributed by atoms with Gasteiger partial charge in [0.1, 0.15) is 0 Å². The molecule has 1 spiro atoms. The van der Waals surface area contributed by atoms with Gasteiger partial charge in [-0.05, 0) is 99.7 Å². The van der Waals surface area contributed by atoms with E-state index in [-0.39, 0.29) is 40.9 Å². The van der Waals surface area contributed by atoms with Crippen molar-refractivity contribution in [1.82, 2.24) is 10.2 Å². The normalized spacial score (nSPS) is 30.1. The summed E-state index contributed by atoms with van der Waals surface area (Å²) in [5, 5.41) is 6.25. The van der Waals surface area contributed by atoms with Crippen molar-refractivity contribution < 1.29 is 9.59 Å². The number of nitrogens with one attached hydrogen (secondary N) is 2. The van der Waals surface area contributed by atoms with Crippen molar-refractivity contribution in [3.63, 3.8) is 0 Å². The average molecular weight is 486 g/mol.